The number of aromatic hydroxyl groups is 1. The zero-order valence-electron chi connectivity index (χ0n) is 17.5. The molecule has 11 heteroatoms. The van der Waals surface area contributed by atoms with Crippen molar-refractivity contribution in [2.24, 2.45) is 7.05 Å². The fourth-order valence-corrected chi connectivity index (χ4v) is 2.97. The molecule has 0 saturated heterocycles. The van der Waals surface area contributed by atoms with Gasteiger partial charge >= 0.3 is 0 Å². The molecule has 11 nitrogen and oxygen atoms in total. The average molecular weight is 426 g/mol. The molecule has 162 valence electrons. The summed E-state index contributed by atoms with van der Waals surface area (Å²) in [5.74, 6) is -1.61. The molecule has 1 aromatic carbocycles. The Morgan fingerprint density at radius 3 is 2.58 bits per heavy atom. The van der Waals surface area contributed by atoms with Crippen molar-refractivity contribution in [3.05, 3.63) is 63.9 Å². The van der Waals surface area contributed by atoms with E-state index in [9.17, 15) is 19.5 Å². The summed E-state index contributed by atoms with van der Waals surface area (Å²) < 4.78 is 5.77. The van der Waals surface area contributed by atoms with Crippen LogP contribution in [0.15, 0.2) is 46.0 Å². The maximum absolute atomic E-state index is 12.5. The van der Waals surface area contributed by atoms with Crippen molar-refractivity contribution < 1.29 is 19.2 Å². The second kappa shape index (κ2) is 8.69. The Labute approximate surface area is 177 Å². The minimum atomic E-state index is -0.795. The number of nitrogens with zero attached hydrogens (tertiary/aromatic N) is 5. The highest BCUT2D eigenvalue weighted by molar-refractivity contribution is 6.04. The van der Waals surface area contributed by atoms with Gasteiger partial charge in [0.1, 0.15) is 12.0 Å². The third-order valence-electron chi connectivity index (χ3n) is 4.55. The number of hydrogen-bond donors (Lipinski definition) is 2. The van der Waals surface area contributed by atoms with Crippen molar-refractivity contribution in [3.8, 4) is 5.75 Å². The Morgan fingerprint density at radius 1 is 1.23 bits per heavy atom. The number of nitrogens with one attached hydrogen (secondary N) is 1. The van der Waals surface area contributed by atoms with Crippen molar-refractivity contribution in [2.75, 3.05) is 31.4 Å². The number of hydrogen-bond acceptors (Lipinski definition) is 8. The number of carbonyl (C=O) groups excluding carboxylic acids is 2. The molecule has 0 unspecified atom stereocenters. The van der Waals surface area contributed by atoms with Crippen LogP contribution >= 0.6 is 0 Å². The van der Waals surface area contributed by atoms with Crippen LogP contribution in [0.3, 0.4) is 0 Å². The molecule has 2 aromatic heterocycles. The molecule has 0 spiro atoms. The summed E-state index contributed by atoms with van der Waals surface area (Å²) in [5.41, 5.74) is 0.238. The predicted octanol–water partition coefficient (Wildman–Crippen LogP) is 1.06. The average Bonchev–Trinajstić information content (AvgIpc) is 3.24. The first kappa shape index (κ1) is 21.6. The molecule has 3 rings (SSSR count). The standard InChI is InChI=1S/C20H22N6O5/c1-24(2)18(29)14-8-6-5-7-12(14)10-25(3)20-23-15(16(27)19(30)26(20)4)17(28)22-13-9-21-31-11-13/h5-9,11,27H,10H2,1-4H3,(H,22,28). The lowest BCUT2D eigenvalue weighted by molar-refractivity contribution is 0.0826. The Balaban J connectivity index is 1.96. The van der Waals surface area contributed by atoms with Gasteiger partial charge in [0.05, 0.1) is 6.20 Å². The van der Waals surface area contributed by atoms with Crippen molar-refractivity contribution in [2.45, 2.75) is 6.54 Å². The van der Waals surface area contributed by atoms with Gasteiger partial charge in [-0.05, 0) is 11.6 Å². The summed E-state index contributed by atoms with van der Waals surface area (Å²) in [7, 11) is 6.42. The van der Waals surface area contributed by atoms with Gasteiger partial charge in [0.2, 0.25) is 11.7 Å². The first-order chi connectivity index (χ1) is 14.7. The van der Waals surface area contributed by atoms with E-state index in [1.165, 1.54) is 24.4 Å². The summed E-state index contributed by atoms with van der Waals surface area (Å²) in [6.07, 6.45) is 2.46. The van der Waals surface area contributed by atoms with E-state index in [4.69, 9.17) is 0 Å². The van der Waals surface area contributed by atoms with Crippen LogP contribution in [0.25, 0.3) is 0 Å². The molecule has 2 amide bonds. The van der Waals surface area contributed by atoms with Gasteiger partial charge in [0, 0.05) is 40.3 Å². The lowest BCUT2D eigenvalue weighted by atomic mass is 10.1. The fraction of sp³-hybridized carbons (Fsp3) is 0.250. The molecule has 0 aliphatic carbocycles. The minimum absolute atomic E-state index is 0.130. The zero-order valence-corrected chi connectivity index (χ0v) is 17.5. The van der Waals surface area contributed by atoms with E-state index in [0.29, 0.717) is 11.1 Å². The van der Waals surface area contributed by atoms with Crippen molar-refractivity contribution >= 4 is 23.5 Å². The monoisotopic (exact) mass is 426 g/mol. The van der Waals surface area contributed by atoms with E-state index in [0.717, 1.165) is 4.57 Å². The maximum atomic E-state index is 12.5. The van der Waals surface area contributed by atoms with Gasteiger partial charge in [-0.2, -0.15) is 0 Å². The van der Waals surface area contributed by atoms with E-state index >= 15 is 0 Å². The third-order valence-corrected chi connectivity index (χ3v) is 4.55. The van der Waals surface area contributed by atoms with Crippen LogP contribution in [0.2, 0.25) is 0 Å². The molecule has 2 heterocycles. The molecule has 0 fully saturated rings. The van der Waals surface area contributed by atoms with Gasteiger partial charge in [-0.1, -0.05) is 23.4 Å². The molecule has 0 radical (unpaired) electrons. The van der Waals surface area contributed by atoms with Crippen LogP contribution in [0, 0.1) is 0 Å². The molecule has 31 heavy (non-hydrogen) atoms. The van der Waals surface area contributed by atoms with Gasteiger partial charge < -0.3 is 24.7 Å². The molecule has 0 saturated carbocycles. The number of aromatic nitrogens is 3. The highest BCUT2D eigenvalue weighted by Gasteiger charge is 2.23. The molecular weight excluding hydrogens is 404 g/mol. The third kappa shape index (κ3) is 4.39. The molecule has 2 N–H and O–H groups in total. The molecule has 0 bridgehead atoms. The van der Waals surface area contributed by atoms with Crippen LogP contribution in [0.5, 0.6) is 5.75 Å². The van der Waals surface area contributed by atoms with Crippen molar-refractivity contribution in [1.82, 2.24) is 19.6 Å². The topological polar surface area (TPSA) is 134 Å². The zero-order chi connectivity index (χ0) is 22.7. The van der Waals surface area contributed by atoms with Crippen molar-refractivity contribution in [3.63, 3.8) is 0 Å². The predicted molar refractivity (Wildman–Crippen MR) is 112 cm³/mol. The summed E-state index contributed by atoms with van der Waals surface area (Å²) in [6.45, 7) is 0.230. The number of carbonyl (C=O) groups is 2. The van der Waals surface area contributed by atoms with Crippen LogP contribution in [-0.4, -0.2) is 57.7 Å². The molecular formula is C20H22N6O5. The number of amides is 2. The highest BCUT2D eigenvalue weighted by Crippen LogP contribution is 2.20. The summed E-state index contributed by atoms with van der Waals surface area (Å²) >= 11 is 0. The van der Waals surface area contributed by atoms with Crippen molar-refractivity contribution in [1.29, 1.82) is 0 Å². The molecule has 3 aromatic rings. The fourth-order valence-electron chi connectivity index (χ4n) is 2.97. The smallest absolute Gasteiger partial charge is 0.297 e. The first-order valence-corrected chi connectivity index (χ1v) is 9.22. The molecule has 0 aliphatic heterocycles. The summed E-state index contributed by atoms with van der Waals surface area (Å²) in [5, 5.41) is 16.1. The van der Waals surface area contributed by atoms with Crippen LogP contribution in [0.1, 0.15) is 26.4 Å². The molecule has 0 aliphatic rings. The van der Waals surface area contributed by atoms with E-state index in [1.54, 1.807) is 50.3 Å². The maximum Gasteiger partial charge on any atom is 0.297 e. The minimum Gasteiger partial charge on any atom is -0.501 e. The van der Waals surface area contributed by atoms with Crippen LogP contribution < -0.4 is 15.8 Å². The normalized spacial score (nSPS) is 10.6. The SMILES string of the molecule is CN(C)C(=O)c1ccccc1CN(C)c1nc(C(=O)Nc2cnoc2)c(O)c(=O)n1C. The van der Waals surface area contributed by atoms with Crippen LogP contribution in [-0.2, 0) is 13.6 Å². The largest absolute Gasteiger partial charge is 0.501 e. The summed E-state index contributed by atoms with van der Waals surface area (Å²) in [4.78, 5) is 44.8. The molecule has 0 atom stereocenters. The van der Waals surface area contributed by atoms with Gasteiger partial charge in [-0.25, -0.2) is 4.98 Å². The summed E-state index contributed by atoms with van der Waals surface area (Å²) in [6, 6.07) is 7.08. The van der Waals surface area contributed by atoms with Gasteiger partial charge in [0.25, 0.3) is 17.4 Å². The van der Waals surface area contributed by atoms with Gasteiger partial charge in [-0.3, -0.25) is 19.0 Å². The van der Waals surface area contributed by atoms with E-state index in [2.05, 4.69) is 20.0 Å². The quantitative estimate of drug-likeness (QED) is 0.598. The lowest BCUT2D eigenvalue weighted by Crippen LogP contribution is -2.32. The Bertz CT molecular complexity index is 1170. The Morgan fingerprint density at radius 2 is 1.94 bits per heavy atom. The van der Waals surface area contributed by atoms with E-state index < -0.39 is 22.9 Å². The number of benzene rings is 1. The van der Waals surface area contributed by atoms with Gasteiger partial charge in [-0.15, -0.1) is 0 Å². The van der Waals surface area contributed by atoms with Crippen LogP contribution in [0.4, 0.5) is 11.6 Å². The first-order valence-electron chi connectivity index (χ1n) is 9.22. The Hall–Kier alpha value is -4.15. The second-order valence-electron chi connectivity index (χ2n) is 7.05. The Kier molecular flexibility index (Phi) is 6.05. The highest BCUT2D eigenvalue weighted by atomic mass is 16.5. The second-order valence-corrected chi connectivity index (χ2v) is 7.05. The van der Waals surface area contributed by atoms with E-state index in [-0.39, 0.29) is 24.1 Å². The number of anilines is 2. The number of rotatable bonds is 6. The van der Waals surface area contributed by atoms with Gasteiger partial charge in [0.15, 0.2) is 5.69 Å². The van der Waals surface area contributed by atoms with E-state index in [1.807, 2.05) is 0 Å². The lowest BCUT2D eigenvalue weighted by Gasteiger charge is -2.23.